The van der Waals surface area contributed by atoms with Gasteiger partial charge in [0, 0.05) is 19.3 Å². The third kappa shape index (κ3) is 40.9. The molecule has 0 amide bonds. The molecule has 0 bridgehead atoms. The molecule has 0 aromatic heterocycles. The molecule has 0 saturated carbocycles. The number of carbonyl (C=O) groups excluding carboxylic acids is 3. The minimum atomic E-state index is -0.774. The van der Waals surface area contributed by atoms with Gasteiger partial charge in [-0.1, -0.05) is 180 Å². The van der Waals surface area contributed by atoms with Crippen LogP contribution in [0.25, 0.3) is 0 Å². The zero-order valence-electron chi connectivity index (χ0n) is 35.3. The van der Waals surface area contributed by atoms with Crippen molar-refractivity contribution in [3.63, 3.8) is 0 Å². The Balaban J connectivity index is 4.37. The lowest BCUT2D eigenvalue weighted by Crippen LogP contribution is -2.30. The van der Waals surface area contributed by atoms with E-state index in [1.54, 1.807) is 0 Å². The van der Waals surface area contributed by atoms with Gasteiger partial charge in [0.2, 0.25) is 0 Å². The van der Waals surface area contributed by atoms with E-state index in [0.717, 1.165) is 89.9 Å². The molecule has 0 aliphatic rings. The summed E-state index contributed by atoms with van der Waals surface area (Å²) < 4.78 is 16.7. The van der Waals surface area contributed by atoms with E-state index in [1.807, 2.05) is 0 Å². The summed E-state index contributed by atoms with van der Waals surface area (Å²) in [5, 5.41) is 0. The molecule has 0 heterocycles. The Kier molecular flexibility index (Phi) is 40.9. The van der Waals surface area contributed by atoms with Crippen LogP contribution >= 0.6 is 0 Å². The predicted molar refractivity (Wildman–Crippen MR) is 224 cm³/mol. The van der Waals surface area contributed by atoms with Gasteiger partial charge in [-0.2, -0.15) is 0 Å². The van der Waals surface area contributed by atoms with Gasteiger partial charge in [0.1, 0.15) is 13.2 Å². The summed E-state index contributed by atoms with van der Waals surface area (Å²) >= 11 is 0. The Morgan fingerprint density at radius 2 is 0.642 bits per heavy atom. The van der Waals surface area contributed by atoms with Crippen molar-refractivity contribution in [2.45, 2.75) is 245 Å². The first kappa shape index (κ1) is 50.9. The van der Waals surface area contributed by atoms with Crippen molar-refractivity contribution in [3.8, 4) is 0 Å². The lowest BCUT2D eigenvalue weighted by atomic mass is 10.1. The number of carbonyl (C=O) groups is 3. The zero-order valence-corrected chi connectivity index (χ0v) is 35.3. The number of rotatable bonds is 41. The van der Waals surface area contributed by atoms with Crippen LogP contribution < -0.4 is 0 Å². The highest BCUT2D eigenvalue weighted by atomic mass is 16.6. The summed E-state index contributed by atoms with van der Waals surface area (Å²) in [6, 6.07) is 0. The highest BCUT2D eigenvalue weighted by Gasteiger charge is 2.19. The minimum Gasteiger partial charge on any atom is -0.462 e. The first-order valence-electron chi connectivity index (χ1n) is 22.8. The molecule has 0 spiro atoms. The summed E-state index contributed by atoms with van der Waals surface area (Å²) in [6.07, 6.45) is 45.9. The maximum Gasteiger partial charge on any atom is 0.306 e. The number of ether oxygens (including phenoxy) is 3. The van der Waals surface area contributed by atoms with E-state index in [2.05, 4.69) is 45.1 Å². The van der Waals surface area contributed by atoms with Crippen LogP contribution in [0, 0.1) is 0 Å². The van der Waals surface area contributed by atoms with Crippen molar-refractivity contribution in [1.29, 1.82) is 0 Å². The normalized spacial score (nSPS) is 12.1. The second kappa shape index (κ2) is 42.6. The van der Waals surface area contributed by atoms with Gasteiger partial charge in [-0.3, -0.25) is 14.4 Å². The fraction of sp³-hybridized carbons (Fsp3) is 0.851. The van der Waals surface area contributed by atoms with E-state index >= 15 is 0 Å². The molecule has 53 heavy (non-hydrogen) atoms. The highest BCUT2D eigenvalue weighted by Crippen LogP contribution is 2.14. The van der Waals surface area contributed by atoms with Gasteiger partial charge < -0.3 is 14.2 Å². The van der Waals surface area contributed by atoms with E-state index in [4.69, 9.17) is 14.2 Å². The van der Waals surface area contributed by atoms with Crippen LogP contribution in [0.3, 0.4) is 0 Å². The van der Waals surface area contributed by atoms with Crippen LogP contribution in [0.1, 0.15) is 239 Å². The van der Waals surface area contributed by atoms with Crippen LogP contribution in [0.2, 0.25) is 0 Å². The topological polar surface area (TPSA) is 78.9 Å². The third-order valence-electron chi connectivity index (χ3n) is 9.93. The van der Waals surface area contributed by atoms with Gasteiger partial charge in [0.15, 0.2) is 6.10 Å². The molecular weight excluding hydrogens is 661 g/mol. The van der Waals surface area contributed by atoms with Crippen LogP contribution in [-0.2, 0) is 28.6 Å². The quantitative estimate of drug-likeness (QED) is 0.0268. The smallest absolute Gasteiger partial charge is 0.306 e. The summed E-state index contributed by atoms with van der Waals surface area (Å²) in [5.41, 5.74) is 0. The molecule has 0 aliphatic carbocycles. The van der Waals surface area contributed by atoms with E-state index in [-0.39, 0.29) is 31.1 Å². The molecule has 0 N–H and O–H groups in total. The van der Waals surface area contributed by atoms with Crippen molar-refractivity contribution in [2.24, 2.45) is 0 Å². The molecule has 6 nitrogen and oxygen atoms in total. The molecule has 0 aromatic rings. The third-order valence-corrected chi connectivity index (χ3v) is 9.93. The van der Waals surface area contributed by atoms with Crippen molar-refractivity contribution in [3.05, 3.63) is 24.3 Å². The van der Waals surface area contributed by atoms with E-state index < -0.39 is 6.10 Å². The molecule has 310 valence electrons. The molecule has 0 saturated heterocycles. The second-order valence-corrected chi connectivity index (χ2v) is 15.3. The Morgan fingerprint density at radius 3 is 1.02 bits per heavy atom. The van der Waals surface area contributed by atoms with Crippen molar-refractivity contribution >= 4 is 17.9 Å². The largest absolute Gasteiger partial charge is 0.462 e. The average molecular weight is 747 g/mol. The number of allylic oxidation sites excluding steroid dienone is 4. The summed E-state index contributed by atoms with van der Waals surface area (Å²) in [5.74, 6) is -0.905. The van der Waals surface area contributed by atoms with Gasteiger partial charge >= 0.3 is 17.9 Å². The zero-order chi connectivity index (χ0) is 38.7. The highest BCUT2D eigenvalue weighted by molar-refractivity contribution is 5.71. The molecule has 0 fully saturated rings. The van der Waals surface area contributed by atoms with Gasteiger partial charge in [-0.05, 0) is 64.2 Å². The van der Waals surface area contributed by atoms with Crippen LogP contribution in [0.15, 0.2) is 24.3 Å². The standard InChI is InChI=1S/C47H86O6/c1-4-7-10-13-16-19-22-23-24-26-28-31-34-37-40-46(49)52-43-44(42-51-45(48)39-36-33-30-27-21-18-15-12-9-6-3)53-47(50)41-38-35-32-29-25-20-17-14-11-8-5-2/h15,18,24,26,44H,4-14,16-17,19-23,25,27-43H2,1-3H3/b18-15-,26-24-. The fourth-order valence-corrected chi connectivity index (χ4v) is 6.42. The Bertz CT molecular complexity index is 865. The maximum absolute atomic E-state index is 12.7. The molecule has 0 radical (unpaired) electrons. The molecule has 6 heteroatoms. The van der Waals surface area contributed by atoms with Crippen molar-refractivity contribution in [1.82, 2.24) is 0 Å². The molecule has 0 aliphatic heterocycles. The minimum absolute atomic E-state index is 0.0795. The summed E-state index contributed by atoms with van der Waals surface area (Å²) in [7, 11) is 0. The van der Waals surface area contributed by atoms with E-state index in [0.29, 0.717) is 19.3 Å². The lowest BCUT2D eigenvalue weighted by molar-refractivity contribution is -0.167. The lowest BCUT2D eigenvalue weighted by Gasteiger charge is -2.18. The fourth-order valence-electron chi connectivity index (χ4n) is 6.42. The molecule has 1 unspecified atom stereocenters. The first-order chi connectivity index (χ1) is 26.0. The van der Waals surface area contributed by atoms with Gasteiger partial charge in [0.25, 0.3) is 0 Å². The predicted octanol–water partition coefficient (Wildman–Crippen LogP) is 14.4. The first-order valence-corrected chi connectivity index (χ1v) is 22.8. The van der Waals surface area contributed by atoms with Gasteiger partial charge in [0.05, 0.1) is 0 Å². The van der Waals surface area contributed by atoms with Crippen molar-refractivity contribution in [2.75, 3.05) is 13.2 Å². The molecular formula is C47H86O6. The number of hydrogen-bond donors (Lipinski definition) is 0. The molecule has 1 atom stereocenters. The van der Waals surface area contributed by atoms with Crippen LogP contribution in [-0.4, -0.2) is 37.2 Å². The van der Waals surface area contributed by atoms with E-state index in [1.165, 1.54) is 109 Å². The average Bonchev–Trinajstić information content (AvgIpc) is 3.15. The number of esters is 3. The SMILES string of the molecule is CCCC/C=C\CCCCCCC(=O)OCC(COC(=O)CCCCC/C=C\CCCCCCCCC)OC(=O)CCCCCCCCCCCCC. The van der Waals surface area contributed by atoms with Crippen LogP contribution in [0.4, 0.5) is 0 Å². The van der Waals surface area contributed by atoms with Gasteiger partial charge in [-0.25, -0.2) is 0 Å². The van der Waals surface area contributed by atoms with Gasteiger partial charge in [-0.15, -0.1) is 0 Å². The molecule has 0 rings (SSSR count). The number of unbranched alkanes of at least 4 members (excludes halogenated alkanes) is 26. The van der Waals surface area contributed by atoms with E-state index in [9.17, 15) is 14.4 Å². The molecule has 0 aromatic carbocycles. The summed E-state index contributed by atoms with van der Waals surface area (Å²) in [6.45, 7) is 6.56. The maximum atomic E-state index is 12.7. The second-order valence-electron chi connectivity index (χ2n) is 15.3. The number of hydrogen-bond acceptors (Lipinski definition) is 6. The van der Waals surface area contributed by atoms with Crippen molar-refractivity contribution < 1.29 is 28.6 Å². The Labute approximate surface area is 328 Å². The summed E-state index contributed by atoms with van der Waals surface area (Å²) in [4.78, 5) is 37.6. The Morgan fingerprint density at radius 1 is 0.358 bits per heavy atom. The monoisotopic (exact) mass is 747 g/mol. The van der Waals surface area contributed by atoms with Crippen LogP contribution in [0.5, 0.6) is 0 Å². The Hall–Kier alpha value is -2.11.